The maximum atomic E-state index is 12.6. The van der Waals surface area contributed by atoms with Crippen LogP contribution < -0.4 is 4.90 Å². The molecule has 0 saturated heterocycles. The third-order valence-corrected chi connectivity index (χ3v) is 3.83. The number of ether oxygens (including phenoxy) is 1. The molecular weight excluding hydrogens is 288 g/mol. The monoisotopic (exact) mass is 316 g/mol. The van der Waals surface area contributed by atoms with E-state index in [2.05, 4.69) is 11.1 Å². The van der Waals surface area contributed by atoms with Crippen LogP contribution in [0, 0.1) is 6.92 Å². The van der Waals surface area contributed by atoms with Crippen LogP contribution in [0.3, 0.4) is 0 Å². The van der Waals surface area contributed by atoms with Gasteiger partial charge in [-0.1, -0.05) is 11.6 Å². The summed E-state index contributed by atoms with van der Waals surface area (Å²) in [5, 5.41) is 0. The summed E-state index contributed by atoms with van der Waals surface area (Å²) in [5.74, 6) is 0.663. The highest BCUT2D eigenvalue weighted by Gasteiger charge is 2.24. The van der Waals surface area contributed by atoms with Gasteiger partial charge in [0.05, 0.1) is 0 Å². The summed E-state index contributed by atoms with van der Waals surface area (Å²) < 4.78 is 5.56. The summed E-state index contributed by atoms with van der Waals surface area (Å²) in [6, 6.07) is 3.86. The Hall–Kier alpha value is -1.84. The molecule has 0 bridgehead atoms. The lowest BCUT2D eigenvalue weighted by atomic mass is 9.97. The predicted molar refractivity (Wildman–Crippen MR) is 93.7 cm³/mol. The van der Waals surface area contributed by atoms with Crippen molar-refractivity contribution in [3.8, 4) is 0 Å². The lowest BCUT2D eigenvalue weighted by Gasteiger charge is -2.27. The molecule has 0 fully saturated rings. The van der Waals surface area contributed by atoms with Crippen molar-refractivity contribution in [2.24, 2.45) is 0 Å². The molecule has 0 radical (unpaired) electrons. The Balaban J connectivity index is 2.13. The van der Waals surface area contributed by atoms with Crippen molar-refractivity contribution in [3.05, 3.63) is 35.5 Å². The molecule has 1 amide bonds. The number of carbonyl (C=O) groups excluding carboxylic acids is 1. The number of aromatic nitrogens is 1. The zero-order valence-electron chi connectivity index (χ0n) is 14.8. The molecule has 0 saturated carbocycles. The van der Waals surface area contributed by atoms with Gasteiger partial charge in [-0.25, -0.2) is 9.78 Å². The minimum absolute atomic E-state index is 0.327. The number of allylic oxidation sites excluding steroid dienone is 1. The van der Waals surface area contributed by atoms with E-state index in [1.807, 2.05) is 39.8 Å². The zero-order valence-corrected chi connectivity index (χ0v) is 14.8. The SMILES string of the molecule is Cc1ccnc(N(CCC2=CCCCC2)C(=O)OC(C)(C)C)c1. The first-order chi connectivity index (χ1) is 10.8. The minimum atomic E-state index is -0.511. The largest absolute Gasteiger partial charge is 0.443 e. The zero-order chi connectivity index (χ0) is 16.9. The molecule has 126 valence electrons. The molecule has 0 spiro atoms. The van der Waals surface area contributed by atoms with Gasteiger partial charge in [0.2, 0.25) is 0 Å². The van der Waals surface area contributed by atoms with Gasteiger partial charge in [-0.2, -0.15) is 0 Å². The number of pyridine rings is 1. The van der Waals surface area contributed by atoms with E-state index in [-0.39, 0.29) is 6.09 Å². The van der Waals surface area contributed by atoms with Crippen LogP contribution in [0.2, 0.25) is 0 Å². The number of hydrogen-bond acceptors (Lipinski definition) is 3. The third kappa shape index (κ3) is 5.70. The number of carbonyl (C=O) groups is 1. The van der Waals surface area contributed by atoms with Crippen molar-refractivity contribution in [2.45, 2.75) is 65.4 Å². The van der Waals surface area contributed by atoms with Crippen molar-refractivity contribution in [2.75, 3.05) is 11.4 Å². The molecule has 0 aliphatic heterocycles. The fraction of sp³-hybridized carbons (Fsp3) is 0.579. The number of aryl methyl sites for hydroxylation is 1. The second kappa shape index (κ2) is 7.62. The number of rotatable bonds is 4. The van der Waals surface area contributed by atoms with E-state index in [0.717, 1.165) is 24.8 Å². The number of anilines is 1. The van der Waals surface area contributed by atoms with Gasteiger partial charge in [0.1, 0.15) is 11.4 Å². The van der Waals surface area contributed by atoms with Crippen molar-refractivity contribution < 1.29 is 9.53 Å². The summed E-state index contributed by atoms with van der Waals surface area (Å²) >= 11 is 0. The fourth-order valence-corrected chi connectivity index (χ4v) is 2.67. The maximum Gasteiger partial charge on any atom is 0.416 e. The Bertz CT molecular complexity index is 573. The molecule has 1 heterocycles. The predicted octanol–water partition coefficient (Wildman–Crippen LogP) is 5.02. The van der Waals surface area contributed by atoms with Crippen molar-refractivity contribution >= 4 is 11.9 Å². The van der Waals surface area contributed by atoms with Gasteiger partial charge in [0, 0.05) is 12.7 Å². The number of hydrogen-bond donors (Lipinski definition) is 0. The summed E-state index contributed by atoms with van der Waals surface area (Å²) in [5.41, 5.74) is 2.02. The molecule has 23 heavy (non-hydrogen) atoms. The highest BCUT2D eigenvalue weighted by atomic mass is 16.6. The summed E-state index contributed by atoms with van der Waals surface area (Å²) in [4.78, 5) is 18.6. The van der Waals surface area contributed by atoms with Crippen LogP contribution in [0.15, 0.2) is 30.0 Å². The normalized spacial score (nSPS) is 15.0. The quantitative estimate of drug-likeness (QED) is 0.732. The average molecular weight is 316 g/mol. The first-order valence-electron chi connectivity index (χ1n) is 8.46. The minimum Gasteiger partial charge on any atom is -0.443 e. The fourth-order valence-electron chi connectivity index (χ4n) is 2.67. The van der Waals surface area contributed by atoms with Gasteiger partial charge >= 0.3 is 6.09 Å². The smallest absolute Gasteiger partial charge is 0.416 e. The van der Waals surface area contributed by atoms with Crippen LogP contribution in [0.4, 0.5) is 10.6 Å². The van der Waals surface area contributed by atoms with Crippen molar-refractivity contribution in [1.82, 2.24) is 4.98 Å². The molecule has 0 N–H and O–H groups in total. The summed E-state index contributed by atoms with van der Waals surface area (Å²) in [6.07, 6.45) is 9.44. The first-order valence-corrected chi connectivity index (χ1v) is 8.46. The van der Waals surface area contributed by atoms with Crippen LogP contribution in [0.5, 0.6) is 0 Å². The Morgan fingerprint density at radius 3 is 2.74 bits per heavy atom. The van der Waals surface area contributed by atoms with Crippen LogP contribution in [0.25, 0.3) is 0 Å². The molecule has 4 heteroatoms. The molecule has 0 atom stereocenters. The average Bonchev–Trinajstić information content (AvgIpc) is 2.47. The Kier molecular flexibility index (Phi) is 5.80. The summed E-state index contributed by atoms with van der Waals surface area (Å²) in [6.45, 7) is 8.27. The highest BCUT2D eigenvalue weighted by molar-refractivity contribution is 5.86. The van der Waals surface area contributed by atoms with E-state index >= 15 is 0 Å². The number of amides is 1. The molecule has 1 aromatic heterocycles. The topological polar surface area (TPSA) is 42.4 Å². The van der Waals surface area contributed by atoms with Crippen LogP contribution in [0.1, 0.15) is 58.4 Å². The number of nitrogens with zero attached hydrogens (tertiary/aromatic N) is 2. The first kappa shape index (κ1) is 17.5. The molecule has 2 rings (SSSR count). The standard InChI is InChI=1S/C19H28N2O2/c1-15-10-12-20-17(14-15)21(18(22)23-19(2,3)4)13-11-16-8-6-5-7-9-16/h8,10,12,14H,5-7,9,11,13H2,1-4H3. The van der Waals surface area contributed by atoms with E-state index in [1.165, 1.54) is 18.4 Å². The maximum absolute atomic E-state index is 12.6. The van der Waals surface area contributed by atoms with Gasteiger partial charge in [-0.15, -0.1) is 0 Å². The molecule has 0 unspecified atom stereocenters. The second-order valence-electron chi connectivity index (χ2n) is 7.18. The Labute approximate surface area is 139 Å². The van der Waals surface area contributed by atoms with Crippen LogP contribution in [-0.4, -0.2) is 23.2 Å². The Morgan fingerprint density at radius 1 is 1.35 bits per heavy atom. The summed E-state index contributed by atoms with van der Waals surface area (Å²) in [7, 11) is 0. The van der Waals surface area contributed by atoms with Gasteiger partial charge in [0.25, 0.3) is 0 Å². The molecule has 1 aliphatic rings. The van der Waals surface area contributed by atoms with Crippen molar-refractivity contribution in [1.29, 1.82) is 0 Å². The van der Waals surface area contributed by atoms with E-state index in [0.29, 0.717) is 12.4 Å². The molecule has 0 aromatic carbocycles. The van der Waals surface area contributed by atoms with E-state index in [9.17, 15) is 4.79 Å². The third-order valence-electron chi connectivity index (χ3n) is 3.83. The molecule has 1 aromatic rings. The van der Waals surface area contributed by atoms with Gasteiger partial charge < -0.3 is 4.74 Å². The highest BCUT2D eigenvalue weighted by Crippen LogP contribution is 2.23. The van der Waals surface area contributed by atoms with E-state index < -0.39 is 5.60 Å². The van der Waals surface area contributed by atoms with Crippen molar-refractivity contribution in [3.63, 3.8) is 0 Å². The van der Waals surface area contributed by atoms with Crippen LogP contribution >= 0.6 is 0 Å². The molecule has 1 aliphatic carbocycles. The van der Waals surface area contributed by atoms with E-state index in [1.54, 1.807) is 11.1 Å². The van der Waals surface area contributed by atoms with Gasteiger partial charge in [-0.05, 0) is 77.5 Å². The Morgan fingerprint density at radius 2 is 2.13 bits per heavy atom. The molecule has 4 nitrogen and oxygen atoms in total. The van der Waals surface area contributed by atoms with Gasteiger partial charge in [0.15, 0.2) is 0 Å². The molecular formula is C19H28N2O2. The second-order valence-corrected chi connectivity index (χ2v) is 7.18. The lowest BCUT2D eigenvalue weighted by molar-refractivity contribution is 0.0579. The van der Waals surface area contributed by atoms with Gasteiger partial charge in [-0.3, -0.25) is 4.90 Å². The van der Waals surface area contributed by atoms with E-state index in [4.69, 9.17) is 4.74 Å². The van der Waals surface area contributed by atoms with Crippen LogP contribution in [-0.2, 0) is 4.74 Å². The lowest BCUT2D eigenvalue weighted by Crippen LogP contribution is -2.38.